The van der Waals surface area contributed by atoms with Crippen molar-refractivity contribution in [3.8, 4) is 0 Å². The first-order chi connectivity index (χ1) is 29.7. The van der Waals surface area contributed by atoms with E-state index in [0.29, 0.717) is 0 Å². The summed E-state index contributed by atoms with van der Waals surface area (Å²) in [6, 6.07) is 0. The lowest BCUT2D eigenvalue weighted by Gasteiger charge is -2.35. The quantitative estimate of drug-likeness (QED) is 0.0535. The third-order valence-electron chi connectivity index (χ3n) is 16.5. The molecule has 0 radical (unpaired) electrons. The average molecular weight is 856 g/mol. The smallest absolute Gasteiger partial charge is 0.0386 e. The zero-order valence-electron chi connectivity index (χ0n) is 44.4. The minimum atomic E-state index is 0.890. The van der Waals surface area contributed by atoms with E-state index in [9.17, 15) is 0 Å². The largest absolute Gasteiger partial charge is 0.0651 e. The van der Waals surface area contributed by atoms with Crippen LogP contribution in [-0.4, -0.2) is 0 Å². The Morgan fingerprint density at radius 1 is 0.311 bits per heavy atom. The third-order valence-corrected chi connectivity index (χ3v) is 16.5. The highest BCUT2D eigenvalue weighted by atomic mass is 14.3. The minimum Gasteiger partial charge on any atom is -0.0651 e. The number of rotatable bonds is 47. The fraction of sp³-hybridized carbons (Fsp3) is 1.00. The van der Waals surface area contributed by atoms with E-state index < -0.39 is 0 Å². The highest BCUT2D eigenvalue weighted by molar-refractivity contribution is 4.79. The van der Waals surface area contributed by atoms with Crippen molar-refractivity contribution in [1.82, 2.24) is 0 Å². The van der Waals surface area contributed by atoms with Crippen molar-refractivity contribution in [2.24, 2.45) is 47.3 Å². The van der Waals surface area contributed by atoms with E-state index in [1.165, 1.54) is 283 Å². The molecule has 61 heavy (non-hydrogen) atoms. The Hall–Kier alpha value is 0. The second-order valence-electron chi connectivity index (χ2n) is 23.5. The van der Waals surface area contributed by atoms with E-state index in [1.54, 1.807) is 6.42 Å². The molecule has 0 spiro atoms. The van der Waals surface area contributed by atoms with Crippen molar-refractivity contribution in [3.05, 3.63) is 0 Å². The van der Waals surface area contributed by atoms with Gasteiger partial charge in [0.05, 0.1) is 0 Å². The first-order valence-corrected chi connectivity index (χ1v) is 29.7. The first-order valence-electron chi connectivity index (χ1n) is 29.7. The van der Waals surface area contributed by atoms with E-state index in [4.69, 9.17) is 0 Å². The molecule has 366 valence electrons. The molecule has 0 N–H and O–H groups in total. The molecule has 0 amide bonds. The van der Waals surface area contributed by atoms with Crippen LogP contribution in [0.5, 0.6) is 0 Å². The van der Waals surface area contributed by atoms with Gasteiger partial charge in [-0.25, -0.2) is 0 Å². The molecule has 0 heterocycles. The van der Waals surface area contributed by atoms with Gasteiger partial charge in [0, 0.05) is 0 Å². The molecule has 1 rings (SSSR count). The summed E-state index contributed by atoms with van der Waals surface area (Å²) in [6.45, 7) is 19.7. The van der Waals surface area contributed by atoms with Crippen molar-refractivity contribution >= 4 is 0 Å². The maximum Gasteiger partial charge on any atom is -0.0386 e. The van der Waals surface area contributed by atoms with Crippen molar-refractivity contribution < 1.29 is 0 Å². The third kappa shape index (κ3) is 40.0. The molecule has 1 aliphatic rings. The molecule has 0 saturated heterocycles. The Labute approximate surface area is 390 Å². The molecule has 7 atom stereocenters. The van der Waals surface area contributed by atoms with Crippen molar-refractivity contribution in [2.45, 2.75) is 344 Å². The SMILES string of the molecule is CCC(C)CCCCCCCCCCCCCCC1CCC(C)[C@H](CCC(C)CCCCCCCCC(C)CCCCCCCCC(C)CCCCCCCCCC(C)C)C1. The van der Waals surface area contributed by atoms with E-state index in [1.807, 2.05) is 0 Å². The van der Waals surface area contributed by atoms with Gasteiger partial charge in [-0.2, -0.15) is 0 Å². The molecule has 0 bridgehead atoms. The van der Waals surface area contributed by atoms with Crippen LogP contribution in [0, 0.1) is 47.3 Å². The predicted molar refractivity (Wildman–Crippen MR) is 281 cm³/mol. The zero-order chi connectivity index (χ0) is 44.4. The lowest BCUT2D eigenvalue weighted by atomic mass is 9.71. The topological polar surface area (TPSA) is 0 Å². The lowest BCUT2D eigenvalue weighted by Crippen LogP contribution is -2.23. The zero-order valence-corrected chi connectivity index (χ0v) is 44.4. The monoisotopic (exact) mass is 855 g/mol. The summed E-state index contributed by atoms with van der Waals surface area (Å²) >= 11 is 0. The Kier molecular flexibility index (Phi) is 42.4. The van der Waals surface area contributed by atoms with Crippen molar-refractivity contribution in [1.29, 1.82) is 0 Å². The first kappa shape index (κ1) is 59.0. The summed E-state index contributed by atoms with van der Waals surface area (Å²) in [6.07, 6.45) is 66.8. The second kappa shape index (κ2) is 43.9. The highest BCUT2D eigenvalue weighted by Gasteiger charge is 2.27. The Balaban J connectivity index is 1.87. The van der Waals surface area contributed by atoms with E-state index in [-0.39, 0.29) is 0 Å². The molecule has 1 saturated carbocycles. The standard InChI is InChI=1S/C61H122/c1-9-55(4)42-34-26-18-14-12-10-11-13-15-20-32-40-48-60-51-50-59(8)61(53-60)52-49-58(7)47-39-31-24-23-30-38-46-57(6)45-37-29-22-21-28-36-44-56(5)43-35-27-19-16-17-25-33-41-54(2)3/h54-61H,9-53H2,1-8H3/t55?,56?,57?,58?,59?,60?,61-/m1/s1. The predicted octanol–water partition coefficient (Wildman–Crippen LogP) is 22.6. The number of unbranched alkanes of at least 4 members (excludes halogenated alkanes) is 27. The minimum absolute atomic E-state index is 0.890. The van der Waals surface area contributed by atoms with Crippen LogP contribution < -0.4 is 0 Å². The molecule has 6 unspecified atom stereocenters. The summed E-state index contributed by atoms with van der Waals surface area (Å²) in [5.41, 5.74) is 0. The summed E-state index contributed by atoms with van der Waals surface area (Å²) in [7, 11) is 0. The van der Waals surface area contributed by atoms with Crippen LogP contribution in [-0.2, 0) is 0 Å². The lowest BCUT2D eigenvalue weighted by molar-refractivity contribution is 0.165. The summed E-state index contributed by atoms with van der Waals surface area (Å²) < 4.78 is 0. The van der Waals surface area contributed by atoms with Crippen LogP contribution in [0.25, 0.3) is 0 Å². The second-order valence-corrected chi connectivity index (χ2v) is 23.5. The van der Waals surface area contributed by atoms with E-state index in [0.717, 1.165) is 47.3 Å². The molecule has 0 aliphatic heterocycles. The van der Waals surface area contributed by atoms with E-state index in [2.05, 4.69) is 55.4 Å². The molecule has 0 nitrogen and oxygen atoms in total. The van der Waals surface area contributed by atoms with Gasteiger partial charge in [0.1, 0.15) is 0 Å². The van der Waals surface area contributed by atoms with Gasteiger partial charge in [0.25, 0.3) is 0 Å². The van der Waals surface area contributed by atoms with Gasteiger partial charge >= 0.3 is 0 Å². The normalized spacial score (nSPS) is 19.1. The van der Waals surface area contributed by atoms with Gasteiger partial charge in [0.2, 0.25) is 0 Å². The van der Waals surface area contributed by atoms with Crippen LogP contribution in [0.2, 0.25) is 0 Å². The molecular formula is C61H122. The van der Waals surface area contributed by atoms with Gasteiger partial charge in [-0.3, -0.25) is 0 Å². The Morgan fingerprint density at radius 2 is 0.607 bits per heavy atom. The van der Waals surface area contributed by atoms with Crippen LogP contribution in [0.4, 0.5) is 0 Å². The molecular weight excluding hydrogens is 733 g/mol. The molecule has 0 aromatic carbocycles. The molecule has 0 aromatic rings. The number of hydrogen-bond donors (Lipinski definition) is 0. The summed E-state index contributed by atoms with van der Waals surface area (Å²) in [5, 5.41) is 0. The molecule has 0 heteroatoms. The molecule has 0 aromatic heterocycles. The molecule has 1 aliphatic carbocycles. The van der Waals surface area contributed by atoms with Crippen LogP contribution in [0.3, 0.4) is 0 Å². The van der Waals surface area contributed by atoms with Crippen molar-refractivity contribution in [3.63, 3.8) is 0 Å². The molecule has 1 fully saturated rings. The van der Waals surface area contributed by atoms with Crippen LogP contribution in [0.1, 0.15) is 344 Å². The summed E-state index contributed by atoms with van der Waals surface area (Å²) in [4.78, 5) is 0. The maximum absolute atomic E-state index is 2.59. The van der Waals surface area contributed by atoms with Crippen LogP contribution >= 0.6 is 0 Å². The Bertz CT molecular complexity index is 841. The van der Waals surface area contributed by atoms with Gasteiger partial charge < -0.3 is 0 Å². The fourth-order valence-corrected chi connectivity index (χ4v) is 11.3. The van der Waals surface area contributed by atoms with E-state index >= 15 is 0 Å². The van der Waals surface area contributed by atoms with Crippen molar-refractivity contribution in [2.75, 3.05) is 0 Å². The summed E-state index contributed by atoms with van der Waals surface area (Å²) in [5.74, 6) is 7.74. The van der Waals surface area contributed by atoms with Gasteiger partial charge in [-0.15, -0.1) is 0 Å². The maximum atomic E-state index is 2.59. The van der Waals surface area contributed by atoms with Gasteiger partial charge in [-0.05, 0) is 60.2 Å². The van der Waals surface area contributed by atoms with Crippen LogP contribution in [0.15, 0.2) is 0 Å². The van der Waals surface area contributed by atoms with Gasteiger partial charge in [-0.1, -0.05) is 331 Å². The highest BCUT2D eigenvalue weighted by Crippen LogP contribution is 2.39. The number of hydrogen-bond acceptors (Lipinski definition) is 0. The average Bonchev–Trinajstić information content (AvgIpc) is 3.24. The fourth-order valence-electron chi connectivity index (χ4n) is 11.3. The van der Waals surface area contributed by atoms with Gasteiger partial charge in [0.15, 0.2) is 0 Å². The Morgan fingerprint density at radius 3 is 0.951 bits per heavy atom.